The molecule has 3 heterocycles. The number of ether oxygens (including phenoxy) is 2. The molecule has 1 fully saturated rings. The number of para-hydroxylation sites is 1. The maximum atomic E-state index is 13.4. The third kappa shape index (κ3) is 3.21. The van der Waals surface area contributed by atoms with Crippen LogP contribution < -0.4 is 5.43 Å². The van der Waals surface area contributed by atoms with Crippen molar-refractivity contribution >= 4 is 22.8 Å². The average Bonchev–Trinajstić information content (AvgIpc) is 3.41. The van der Waals surface area contributed by atoms with E-state index in [2.05, 4.69) is 0 Å². The molecule has 2 aliphatic rings. The lowest BCUT2D eigenvalue weighted by Gasteiger charge is -2.27. The molecule has 31 heavy (non-hydrogen) atoms. The minimum absolute atomic E-state index is 0.0729. The lowest BCUT2D eigenvalue weighted by atomic mass is 9.97. The minimum atomic E-state index is -0.612. The van der Waals surface area contributed by atoms with E-state index in [9.17, 15) is 14.4 Å². The van der Waals surface area contributed by atoms with Gasteiger partial charge in [-0.1, -0.05) is 24.3 Å². The fourth-order valence-electron chi connectivity index (χ4n) is 4.43. The van der Waals surface area contributed by atoms with Gasteiger partial charge in [-0.05, 0) is 42.7 Å². The normalized spacial score (nSPS) is 20.3. The van der Waals surface area contributed by atoms with Crippen molar-refractivity contribution in [1.82, 2.24) is 4.90 Å². The number of rotatable bonds is 4. The minimum Gasteiger partial charge on any atom is -0.465 e. The maximum Gasteiger partial charge on any atom is 0.337 e. The number of hydrogen-bond acceptors (Lipinski definition) is 6. The standard InChI is InChI=1S/C24H21NO6/c1-29-24(28)15-10-8-14(9-11-15)20-19-21(26)17-6-2-3-7-18(17)31-22(19)23(27)25(20)13-16-5-4-12-30-16/h2-3,6-11,16,20H,4-5,12-13H2,1H3/t16-,20-/m1/s1. The highest BCUT2D eigenvalue weighted by Gasteiger charge is 2.43. The molecule has 1 aromatic heterocycles. The van der Waals surface area contributed by atoms with E-state index < -0.39 is 12.0 Å². The van der Waals surface area contributed by atoms with Crippen LogP contribution in [0.25, 0.3) is 11.0 Å². The first-order valence-electron chi connectivity index (χ1n) is 10.2. The van der Waals surface area contributed by atoms with E-state index in [0.717, 1.165) is 18.4 Å². The second-order valence-electron chi connectivity index (χ2n) is 7.78. The number of amides is 1. The van der Waals surface area contributed by atoms with Crippen LogP contribution in [0.5, 0.6) is 0 Å². The summed E-state index contributed by atoms with van der Waals surface area (Å²) in [5, 5.41) is 0.434. The number of carbonyl (C=O) groups is 2. The van der Waals surface area contributed by atoms with Gasteiger partial charge in [-0.25, -0.2) is 4.79 Å². The molecule has 0 N–H and O–H groups in total. The van der Waals surface area contributed by atoms with E-state index in [1.807, 2.05) is 0 Å². The summed E-state index contributed by atoms with van der Waals surface area (Å²) in [5.74, 6) is -0.699. The lowest BCUT2D eigenvalue weighted by Crippen LogP contribution is -2.36. The predicted molar refractivity (Wildman–Crippen MR) is 112 cm³/mol. The smallest absolute Gasteiger partial charge is 0.337 e. The van der Waals surface area contributed by atoms with E-state index in [0.29, 0.717) is 35.2 Å². The molecule has 158 valence electrons. The zero-order chi connectivity index (χ0) is 21.5. The Balaban J connectivity index is 1.65. The molecule has 3 aromatic rings. The monoisotopic (exact) mass is 419 g/mol. The van der Waals surface area contributed by atoms with E-state index in [1.165, 1.54) is 7.11 Å². The molecule has 5 rings (SSSR count). The Kier molecular flexibility index (Phi) is 4.82. The van der Waals surface area contributed by atoms with Gasteiger partial charge in [0.2, 0.25) is 5.76 Å². The van der Waals surface area contributed by atoms with Gasteiger partial charge < -0.3 is 18.8 Å². The number of nitrogens with zero attached hydrogens (tertiary/aromatic N) is 1. The highest BCUT2D eigenvalue weighted by atomic mass is 16.5. The second kappa shape index (κ2) is 7.67. The van der Waals surface area contributed by atoms with Crippen LogP contribution in [0.1, 0.15) is 50.9 Å². The van der Waals surface area contributed by atoms with Crippen molar-refractivity contribution in [3.8, 4) is 0 Å². The average molecular weight is 419 g/mol. The number of benzene rings is 2. The van der Waals surface area contributed by atoms with Gasteiger partial charge in [0.25, 0.3) is 5.91 Å². The third-order valence-corrected chi connectivity index (χ3v) is 5.95. The zero-order valence-corrected chi connectivity index (χ0v) is 17.0. The fourth-order valence-corrected chi connectivity index (χ4v) is 4.43. The van der Waals surface area contributed by atoms with Crippen LogP contribution >= 0.6 is 0 Å². The summed E-state index contributed by atoms with van der Waals surface area (Å²) >= 11 is 0. The Labute approximate surface area is 178 Å². The summed E-state index contributed by atoms with van der Waals surface area (Å²) in [6.07, 6.45) is 1.72. The molecule has 1 saturated heterocycles. The van der Waals surface area contributed by atoms with Gasteiger partial charge in [0.1, 0.15) is 5.58 Å². The highest BCUT2D eigenvalue weighted by molar-refractivity contribution is 5.99. The molecular weight excluding hydrogens is 398 g/mol. The Morgan fingerprint density at radius 3 is 2.61 bits per heavy atom. The molecule has 0 bridgehead atoms. The molecule has 2 atom stereocenters. The maximum absolute atomic E-state index is 13.4. The van der Waals surface area contributed by atoms with Crippen LogP contribution in [-0.2, 0) is 9.47 Å². The molecule has 7 heteroatoms. The second-order valence-corrected chi connectivity index (χ2v) is 7.78. The summed E-state index contributed by atoms with van der Waals surface area (Å²) in [4.78, 5) is 40.2. The molecule has 0 saturated carbocycles. The Hall–Kier alpha value is -3.45. The lowest BCUT2D eigenvalue weighted by molar-refractivity contribution is 0.0486. The van der Waals surface area contributed by atoms with Crippen molar-refractivity contribution in [3.05, 3.63) is 81.2 Å². The van der Waals surface area contributed by atoms with Crippen LogP contribution in [0.2, 0.25) is 0 Å². The third-order valence-electron chi connectivity index (χ3n) is 5.95. The van der Waals surface area contributed by atoms with Crippen LogP contribution in [0, 0.1) is 0 Å². The van der Waals surface area contributed by atoms with Crippen molar-refractivity contribution < 1.29 is 23.5 Å². The predicted octanol–water partition coefficient (Wildman–Crippen LogP) is 3.30. The van der Waals surface area contributed by atoms with Gasteiger partial charge in [-0.2, -0.15) is 0 Å². The van der Waals surface area contributed by atoms with E-state index >= 15 is 0 Å². The van der Waals surface area contributed by atoms with Crippen molar-refractivity contribution in [2.24, 2.45) is 0 Å². The molecular formula is C24H21NO6. The quantitative estimate of drug-likeness (QED) is 0.603. The summed E-state index contributed by atoms with van der Waals surface area (Å²) < 4.78 is 16.4. The zero-order valence-electron chi connectivity index (χ0n) is 17.0. The molecule has 0 aliphatic carbocycles. The molecule has 0 unspecified atom stereocenters. The fraction of sp³-hybridized carbons (Fsp3) is 0.292. The molecule has 0 radical (unpaired) electrons. The number of esters is 1. The van der Waals surface area contributed by atoms with Gasteiger partial charge in [-0.15, -0.1) is 0 Å². The topological polar surface area (TPSA) is 86.0 Å². The molecule has 7 nitrogen and oxygen atoms in total. The van der Waals surface area contributed by atoms with Crippen LogP contribution in [0.3, 0.4) is 0 Å². The molecule has 2 aromatic carbocycles. The van der Waals surface area contributed by atoms with Gasteiger partial charge >= 0.3 is 5.97 Å². The van der Waals surface area contributed by atoms with Crippen molar-refractivity contribution in [1.29, 1.82) is 0 Å². The van der Waals surface area contributed by atoms with E-state index in [1.54, 1.807) is 53.4 Å². The summed E-state index contributed by atoms with van der Waals surface area (Å²) in [6, 6.07) is 13.1. The van der Waals surface area contributed by atoms with Crippen LogP contribution in [0.15, 0.2) is 57.7 Å². The Morgan fingerprint density at radius 2 is 1.90 bits per heavy atom. The first kappa shape index (κ1) is 19.5. The van der Waals surface area contributed by atoms with Gasteiger partial charge in [0.05, 0.1) is 35.8 Å². The summed E-state index contributed by atoms with van der Waals surface area (Å²) in [5.41, 5.74) is 1.61. The molecule has 0 spiro atoms. The molecule has 1 amide bonds. The van der Waals surface area contributed by atoms with Crippen molar-refractivity contribution in [2.45, 2.75) is 25.0 Å². The SMILES string of the molecule is COC(=O)c1ccc([C@@H]2c3c(oc4ccccc4c3=O)C(=O)N2C[C@H]2CCCO2)cc1. The van der Waals surface area contributed by atoms with Crippen LogP contribution in [0.4, 0.5) is 0 Å². The Morgan fingerprint density at radius 1 is 1.13 bits per heavy atom. The van der Waals surface area contributed by atoms with E-state index in [4.69, 9.17) is 13.9 Å². The number of fused-ring (bicyclic) bond motifs is 2. The highest BCUT2D eigenvalue weighted by Crippen LogP contribution is 2.39. The summed E-state index contributed by atoms with van der Waals surface area (Å²) in [6.45, 7) is 1.03. The molecule has 2 aliphatic heterocycles. The van der Waals surface area contributed by atoms with Gasteiger partial charge in [0, 0.05) is 13.2 Å². The van der Waals surface area contributed by atoms with Gasteiger partial charge in [-0.3, -0.25) is 9.59 Å². The summed E-state index contributed by atoms with van der Waals surface area (Å²) in [7, 11) is 1.32. The largest absolute Gasteiger partial charge is 0.465 e. The van der Waals surface area contributed by atoms with Crippen molar-refractivity contribution in [3.63, 3.8) is 0 Å². The number of methoxy groups -OCH3 is 1. The van der Waals surface area contributed by atoms with Gasteiger partial charge in [0.15, 0.2) is 5.43 Å². The first-order valence-corrected chi connectivity index (χ1v) is 10.2. The van der Waals surface area contributed by atoms with Crippen molar-refractivity contribution in [2.75, 3.05) is 20.3 Å². The number of hydrogen-bond donors (Lipinski definition) is 0. The van der Waals surface area contributed by atoms with Crippen LogP contribution in [-0.4, -0.2) is 43.1 Å². The van der Waals surface area contributed by atoms with E-state index in [-0.39, 0.29) is 23.2 Å². The first-order chi connectivity index (χ1) is 15.1. The number of carbonyl (C=O) groups excluding carboxylic acids is 2. The Bertz CT molecular complexity index is 1220.